The van der Waals surface area contributed by atoms with E-state index < -0.39 is 53.9 Å². The third-order valence-corrected chi connectivity index (χ3v) is 7.37. The van der Waals surface area contributed by atoms with Gasteiger partial charge in [-0.05, 0) is 36.1 Å². The number of benzene rings is 2. The maximum absolute atomic E-state index is 14.1. The van der Waals surface area contributed by atoms with Gasteiger partial charge in [0, 0.05) is 25.9 Å². The molecule has 2 fully saturated rings. The van der Waals surface area contributed by atoms with E-state index in [0.29, 0.717) is 0 Å². The highest BCUT2D eigenvalue weighted by atomic mass is 19.4. The molecule has 0 aliphatic carbocycles. The highest BCUT2D eigenvalue weighted by Crippen LogP contribution is 2.43. The summed E-state index contributed by atoms with van der Waals surface area (Å²) >= 11 is 0. The highest BCUT2D eigenvalue weighted by Gasteiger charge is 2.52. The smallest absolute Gasteiger partial charge is 0.385 e. The standard InChI is InChI=1S/C26H24F3N3O5/c27-26(28,29)20-13-25(37,10-11-31(20)14-15-4-2-1-3-5-15)16-6-7-17-18(12-16)24(36)32(23(17)35)19-8-9-21(33)30-22(19)34/h1-7,12,19-20,37H,8-11,13-14H2,(H,30,33,34). The third kappa shape index (κ3) is 4.53. The lowest BCUT2D eigenvalue weighted by atomic mass is 9.79. The van der Waals surface area contributed by atoms with Gasteiger partial charge in [-0.2, -0.15) is 13.2 Å². The van der Waals surface area contributed by atoms with Gasteiger partial charge in [0.05, 0.1) is 16.7 Å². The third-order valence-electron chi connectivity index (χ3n) is 7.37. The Kier molecular flexibility index (Phi) is 6.15. The second-order valence-electron chi connectivity index (χ2n) is 9.71. The van der Waals surface area contributed by atoms with Crippen LogP contribution in [-0.4, -0.2) is 63.3 Å². The lowest BCUT2D eigenvalue weighted by molar-refractivity contribution is -0.215. The Morgan fingerprint density at radius 2 is 1.70 bits per heavy atom. The Bertz CT molecular complexity index is 1280. The Balaban J connectivity index is 1.41. The molecule has 0 spiro atoms. The van der Waals surface area contributed by atoms with Gasteiger partial charge in [-0.3, -0.25) is 34.3 Å². The number of piperidine rings is 2. The number of carbonyl (C=O) groups excluding carboxylic acids is 4. The van der Waals surface area contributed by atoms with Crippen LogP contribution in [0.2, 0.25) is 0 Å². The lowest BCUT2D eigenvalue weighted by Gasteiger charge is -2.45. The number of rotatable bonds is 4. The SMILES string of the molecule is O=C1CCC(N2C(=O)c3ccc(C4(O)CCN(Cc5ccccc5)C(C(F)(F)F)C4)cc3C2=O)C(=O)N1. The molecule has 0 saturated carbocycles. The van der Waals surface area contributed by atoms with Crippen LogP contribution >= 0.6 is 0 Å². The molecule has 2 N–H and O–H groups in total. The van der Waals surface area contributed by atoms with Crippen molar-refractivity contribution in [2.75, 3.05) is 6.54 Å². The number of hydrogen-bond donors (Lipinski definition) is 2. The molecule has 11 heteroatoms. The second-order valence-corrected chi connectivity index (χ2v) is 9.71. The van der Waals surface area contributed by atoms with Gasteiger partial charge in [-0.25, -0.2) is 0 Å². The quantitative estimate of drug-likeness (QED) is 0.607. The van der Waals surface area contributed by atoms with Crippen LogP contribution in [-0.2, 0) is 21.7 Å². The van der Waals surface area contributed by atoms with Crippen LogP contribution < -0.4 is 5.32 Å². The van der Waals surface area contributed by atoms with E-state index >= 15 is 0 Å². The molecule has 3 heterocycles. The maximum Gasteiger partial charge on any atom is 0.404 e. The molecule has 37 heavy (non-hydrogen) atoms. The van der Waals surface area contributed by atoms with E-state index in [0.717, 1.165) is 10.5 Å². The van der Waals surface area contributed by atoms with Crippen molar-refractivity contribution in [3.63, 3.8) is 0 Å². The Morgan fingerprint density at radius 3 is 2.38 bits per heavy atom. The summed E-state index contributed by atoms with van der Waals surface area (Å²) < 4.78 is 42.3. The number of nitrogens with zero attached hydrogens (tertiary/aromatic N) is 2. The van der Waals surface area contributed by atoms with Gasteiger partial charge in [0.25, 0.3) is 11.8 Å². The van der Waals surface area contributed by atoms with Crippen LogP contribution in [0.3, 0.4) is 0 Å². The Morgan fingerprint density at radius 1 is 1.00 bits per heavy atom. The summed E-state index contributed by atoms with van der Waals surface area (Å²) in [5.41, 5.74) is -1.15. The highest BCUT2D eigenvalue weighted by molar-refractivity contribution is 6.23. The van der Waals surface area contributed by atoms with Gasteiger partial charge >= 0.3 is 6.18 Å². The monoisotopic (exact) mass is 515 g/mol. The molecule has 2 saturated heterocycles. The van der Waals surface area contributed by atoms with Crippen molar-refractivity contribution >= 4 is 23.6 Å². The zero-order valence-corrected chi connectivity index (χ0v) is 19.6. The maximum atomic E-state index is 14.1. The van der Waals surface area contributed by atoms with E-state index in [2.05, 4.69) is 5.32 Å². The van der Waals surface area contributed by atoms with Crippen molar-refractivity contribution in [1.82, 2.24) is 15.1 Å². The molecule has 0 bridgehead atoms. The number of nitrogens with one attached hydrogen (secondary N) is 1. The van der Waals surface area contributed by atoms with Crippen LogP contribution in [0.4, 0.5) is 13.2 Å². The van der Waals surface area contributed by atoms with Gasteiger partial charge in [0.1, 0.15) is 12.1 Å². The Labute approximate surface area is 210 Å². The van der Waals surface area contributed by atoms with Crippen molar-refractivity contribution in [1.29, 1.82) is 0 Å². The number of fused-ring (bicyclic) bond motifs is 1. The van der Waals surface area contributed by atoms with Gasteiger partial charge in [-0.15, -0.1) is 0 Å². The summed E-state index contributed by atoms with van der Waals surface area (Å²) in [4.78, 5) is 51.8. The van der Waals surface area contributed by atoms with E-state index in [-0.39, 0.29) is 49.0 Å². The Hall–Kier alpha value is -3.57. The van der Waals surface area contributed by atoms with Crippen molar-refractivity contribution in [2.45, 2.75) is 56.1 Å². The minimum absolute atomic E-state index is 0.00376. The van der Waals surface area contributed by atoms with E-state index in [4.69, 9.17) is 0 Å². The zero-order valence-electron chi connectivity index (χ0n) is 19.6. The molecule has 3 aliphatic heterocycles. The average Bonchev–Trinajstić information content (AvgIpc) is 3.10. The van der Waals surface area contributed by atoms with Gasteiger partial charge in [0.15, 0.2) is 0 Å². The first-order valence-corrected chi connectivity index (χ1v) is 11.9. The van der Waals surface area contributed by atoms with Crippen LogP contribution in [0.25, 0.3) is 0 Å². The fourth-order valence-corrected chi connectivity index (χ4v) is 5.39. The predicted octanol–water partition coefficient (Wildman–Crippen LogP) is 2.50. The largest absolute Gasteiger partial charge is 0.404 e. The van der Waals surface area contributed by atoms with Crippen LogP contribution in [0, 0.1) is 0 Å². The summed E-state index contributed by atoms with van der Waals surface area (Å²) in [6.45, 7) is 0.0289. The number of likely N-dealkylation sites (tertiary alicyclic amines) is 1. The van der Waals surface area contributed by atoms with Gasteiger partial charge < -0.3 is 5.11 Å². The number of imide groups is 2. The minimum Gasteiger partial charge on any atom is -0.385 e. The average molecular weight is 515 g/mol. The number of carbonyl (C=O) groups is 4. The van der Waals surface area contributed by atoms with Crippen LogP contribution in [0.5, 0.6) is 0 Å². The summed E-state index contributed by atoms with van der Waals surface area (Å²) in [5.74, 6) is -2.77. The number of halogens is 3. The predicted molar refractivity (Wildman–Crippen MR) is 123 cm³/mol. The second kappa shape index (κ2) is 9.07. The molecule has 2 aromatic carbocycles. The normalized spacial score (nSPS) is 26.9. The lowest BCUT2D eigenvalue weighted by Crippen LogP contribution is -2.54. The van der Waals surface area contributed by atoms with E-state index in [1.165, 1.54) is 23.1 Å². The molecular formula is C26H24F3N3O5. The van der Waals surface area contributed by atoms with E-state index in [1.807, 2.05) is 0 Å². The molecule has 3 atom stereocenters. The number of amides is 4. The first kappa shape index (κ1) is 25.1. The van der Waals surface area contributed by atoms with Crippen molar-refractivity contribution in [2.24, 2.45) is 0 Å². The van der Waals surface area contributed by atoms with E-state index in [9.17, 15) is 37.5 Å². The van der Waals surface area contributed by atoms with Crippen molar-refractivity contribution < 1.29 is 37.5 Å². The molecule has 5 rings (SSSR count). The number of alkyl halides is 3. The topological polar surface area (TPSA) is 107 Å². The molecule has 0 aromatic heterocycles. The van der Waals surface area contributed by atoms with Gasteiger partial charge in [0.2, 0.25) is 11.8 Å². The molecule has 3 unspecified atom stereocenters. The number of hydrogen-bond acceptors (Lipinski definition) is 6. The van der Waals surface area contributed by atoms with Crippen molar-refractivity contribution in [3.05, 3.63) is 70.8 Å². The zero-order chi connectivity index (χ0) is 26.5. The molecule has 2 aromatic rings. The summed E-state index contributed by atoms with van der Waals surface area (Å²) in [6, 6.07) is 9.59. The molecule has 4 amide bonds. The summed E-state index contributed by atoms with van der Waals surface area (Å²) in [7, 11) is 0. The summed E-state index contributed by atoms with van der Waals surface area (Å²) in [6.07, 6.45) is -5.30. The molecule has 0 radical (unpaired) electrons. The first-order chi connectivity index (χ1) is 17.5. The fourth-order valence-electron chi connectivity index (χ4n) is 5.39. The summed E-state index contributed by atoms with van der Waals surface area (Å²) in [5, 5.41) is 13.5. The molecule has 8 nitrogen and oxygen atoms in total. The van der Waals surface area contributed by atoms with Gasteiger partial charge in [-0.1, -0.05) is 36.4 Å². The first-order valence-electron chi connectivity index (χ1n) is 11.9. The van der Waals surface area contributed by atoms with E-state index in [1.54, 1.807) is 30.3 Å². The molecule has 3 aliphatic rings. The molecule has 194 valence electrons. The number of aliphatic hydroxyl groups is 1. The fraction of sp³-hybridized carbons (Fsp3) is 0.385. The van der Waals surface area contributed by atoms with Crippen LogP contribution in [0.15, 0.2) is 48.5 Å². The molecular weight excluding hydrogens is 491 g/mol. The van der Waals surface area contributed by atoms with Crippen molar-refractivity contribution in [3.8, 4) is 0 Å². The van der Waals surface area contributed by atoms with Crippen LogP contribution in [0.1, 0.15) is 57.5 Å². The minimum atomic E-state index is -4.60.